The van der Waals surface area contributed by atoms with Crippen LogP contribution >= 0.6 is 0 Å². The van der Waals surface area contributed by atoms with Gasteiger partial charge in [0.1, 0.15) is 11.7 Å². The monoisotopic (exact) mass is 367 g/mol. The number of carbonyl (C=O) groups is 2. The summed E-state index contributed by atoms with van der Waals surface area (Å²) in [4.78, 5) is 26.6. The van der Waals surface area contributed by atoms with Gasteiger partial charge in [0.2, 0.25) is 0 Å². The summed E-state index contributed by atoms with van der Waals surface area (Å²) >= 11 is 0. The number of imide groups is 1. The van der Waals surface area contributed by atoms with Crippen LogP contribution in [0.25, 0.3) is 0 Å². The molecule has 5 heteroatoms. The molecule has 0 unspecified atom stereocenters. The maximum absolute atomic E-state index is 13.0. The van der Waals surface area contributed by atoms with Gasteiger partial charge in [-0.05, 0) is 38.3 Å². The predicted octanol–water partition coefficient (Wildman–Crippen LogP) is 3.96. The average molecular weight is 367 g/mol. The number of benzene rings is 2. The van der Waals surface area contributed by atoms with E-state index in [1.54, 1.807) is 6.92 Å². The first-order valence-corrected chi connectivity index (χ1v) is 9.14. The number of nitrogens with zero attached hydrogens (tertiary/aromatic N) is 1. The number of carbonyl (C=O) groups excluding carboxylic acids is 2. The molecule has 2 amide bonds. The molecular weight excluding hydrogens is 342 g/mol. The first-order valence-electron chi connectivity index (χ1n) is 9.14. The van der Waals surface area contributed by atoms with Crippen molar-refractivity contribution < 1.29 is 19.1 Å². The van der Waals surface area contributed by atoms with Gasteiger partial charge in [-0.1, -0.05) is 60.7 Å². The van der Waals surface area contributed by atoms with Gasteiger partial charge >= 0.3 is 6.09 Å². The van der Waals surface area contributed by atoms with Crippen molar-refractivity contribution in [1.82, 2.24) is 4.90 Å². The Balaban J connectivity index is 1.73. The smallest absolute Gasteiger partial charge is 0.417 e. The molecule has 0 aliphatic carbocycles. The van der Waals surface area contributed by atoms with Crippen LogP contribution in [-0.2, 0) is 27.3 Å². The fourth-order valence-corrected chi connectivity index (χ4v) is 3.26. The second kappa shape index (κ2) is 7.92. The van der Waals surface area contributed by atoms with Crippen LogP contribution in [0.4, 0.5) is 4.79 Å². The molecule has 2 aromatic carbocycles. The molecule has 3 rings (SSSR count). The average Bonchev–Trinajstić information content (AvgIpc) is 2.89. The third kappa shape index (κ3) is 4.37. The lowest BCUT2D eigenvalue weighted by Gasteiger charge is -2.29. The summed E-state index contributed by atoms with van der Waals surface area (Å²) in [7, 11) is 0. The molecule has 5 nitrogen and oxygen atoms in total. The van der Waals surface area contributed by atoms with Gasteiger partial charge in [-0.2, -0.15) is 0 Å². The van der Waals surface area contributed by atoms with Crippen LogP contribution in [-0.4, -0.2) is 34.6 Å². The minimum atomic E-state index is -0.762. The molecule has 1 heterocycles. The topological polar surface area (TPSA) is 55.8 Å². The van der Waals surface area contributed by atoms with E-state index in [-0.39, 0.29) is 11.9 Å². The van der Waals surface area contributed by atoms with Gasteiger partial charge in [-0.25, -0.2) is 9.69 Å². The third-order valence-electron chi connectivity index (χ3n) is 4.86. The molecule has 0 bridgehead atoms. The largest absolute Gasteiger partial charge is 0.441 e. The molecule has 2 aromatic rings. The number of cyclic esters (lactones) is 1. The summed E-state index contributed by atoms with van der Waals surface area (Å²) in [6.07, 6.45) is -0.817. The molecule has 142 valence electrons. The summed E-state index contributed by atoms with van der Waals surface area (Å²) in [5.74, 6) is -0.373. The van der Waals surface area contributed by atoms with Crippen molar-refractivity contribution in [3.63, 3.8) is 0 Å². The van der Waals surface area contributed by atoms with E-state index in [9.17, 15) is 9.59 Å². The highest BCUT2D eigenvalue weighted by Crippen LogP contribution is 2.32. The Morgan fingerprint density at radius 1 is 1.07 bits per heavy atom. The summed E-state index contributed by atoms with van der Waals surface area (Å²) in [5, 5.41) is 0. The van der Waals surface area contributed by atoms with Gasteiger partial charge in [0.15, 0.2) is 0 Å². The van der Waals surface area contributed by atoms with Gasteiger partial charge in [-0.3, -0.25) is 4.79 Å². The second-order valence-electron chi connectivity index (χ2n) is 7.32. The number of ether oxygens (including phenoxy) is 2. The molecule has 0 radical (unpaired) electrons. The highest BCUT2D eigenvalue weighted by molar-refractivity contribution is 5.96. The summed E-state index contributed by atoms with van der Waals surface area (Å²) in [6.45, 7) is 5.65. The molecule has 2 atom stereocenters. The quantitative estimate of drug-likeness (QED) is 0.775. The Morgan fingerprint density at radius 2 is 1.63 bits per heavy atom. The van der Waals surface area contributed by atoms with E-state index < -0.39 is 17.8 Å². The fourth-order valence-electron chi connectivity index (χ4n) is 3.26. The number of amides is 2. The third-order valence-corrected chi connectivity index (χ3v) is 4.86. The molecule has 1 fully saturated rings. The molecule has 0 N–H and O–H groups in total. The van der Waals surface area contributed by atoms with Crippen LogP contribution in [0.5, 0.6) is 0 Å². The fraction of sp³-hybridized carbons (Fsp3) is 0.364. The molecule has 27 heavy (non-hydrogen) atoms. The molecule has 0 spiro atoms. The predicted molar refractivity (Wildman–Crippen MR) is 102 cm³/mol. The van der Waals surface area contributed by atoms with E-state index in [2.05, 4.69) is 0 Å². The number of hydrogen-bond acceptors (Lipinski definition) is 4. The van der Waals surface area contributed by atoms with Gasteiger partial charge in [-0.15, -0.1) is 0 Å². The van der Waals surface area contributed by atoms with Crippen LogP contribution in [0.2, 0.25) is 0 Å². The van der Waals surface area contributed by atoms with Crippen molar-refractivity contribution >= 4 is 12.0 Å². The van der Waals surface area contributed by atoms with Crippen molar-refractivity contribution in [2.45, 2.75) is 51.5 Å². The molecule has 1 aliphatic rings. The Morgan fingerprint density at radius 3 is 2.22 bits per heavy atom. The number of hydrogen-bond donors (Lipinski definition) is 0. The van der Waals surface area contributed by atoms with Crippen LogP contribution in [0.1, 0.15) is 31.9 Å². The lowest BCUT2D eigenvalue weighted by Crippen LogP contribution is -2.49. The first kappa shape index (κ1) is 19.1. The SMILES string of the molecule is C[C@H](OCc1ccccc1)C(=O)N1C(=O)OC(C)(C)[C@@H]1Cc1ccccc1. The molecule has 0 aromatic heterocycles. The zero-order valence-corrected chi connectivity index (χ0v) is 15.9. The summed E-state index contributed by atoms with van der Waals surface area (Å²) in [6, 6.07) is 19.0. The van der Waals surface area contributed by atoms with E-state index >= 15 is 0 Å². The molecule has 1 aliphatic heterocycles. The zero-order chi connectivity index (χ0) is 19.4. The standard InChI is InChI=1S/C22H25NO4/c1-16(26-15-18-12-8-5-9-13-18)20(24)23-19(22(2,3)27-21(23)25)14-17-10-6-4-7-11-17/h4-13,16,19H,14-15H2,1-3H3/t16-,19-/m0/s1. The van der Waals surface area contributed by atoms with Crippen molar-refractivity contribution in [3.05, 3.63) is 71.8 Å². The maximum atomic E-state index is 13.0. The van der Waals surface area contributed by atoms with Crippen molar-refractivity contribution in [3.8, 4) is 0 Å². The van der Waals surface area contributed by atoms with Crippen LogP contribution < -0.4 is 0 Å². The Kier molecular flexibility index (Phi) is 5.61. The Labute approximate surface area is 159 Å². The molecule has 0 saturated carbocycles. The maximum Gasteiger partial charge on any atom is 0.417 e. The minimum absolute atomic E-state index is 0.309. The van der Waals surface area contributed by atoms with Gasteiger partial charge in [0.05, 0.1) is 12.6 Å². The minimum Gasteiger partial charge on any atom is -0.441 e. The van der Waals surface area contributed by atoms with Gasteiger partial charge < -0.3 is 9.47 Å². The summed E-state index contributed by atoms with van der Waals surface area (Å²) in [5.41, 5.74) is 1.26. The van der Waals surface area contributed by atoms with E-state index in [4.69, 9.17) is 9.47 Å². The van der Waals surface area contributed by atoms with E-state index in [0.29, 0.717) is 13.0 Å². The van der Waals surface area contributed by atoms with E-state index in [0.717, 1.165) is 11.1 Å². The Bertz CT molecular complexity index is 788. The lowest BCUT2D eigenvalue weighted by molar-refractivity contribution is -0.141. The summed E-state index contributed by atoms with van der Waals surface area (Å²) < 4.78 is 11.2. The normalized spacial score (nSPS) is 19.6. The van der Waals surface area contributed by atoms with Crippen molar-refractivity contribution in [1.29, 1.82) is 0 Å². The van der Waals surface area contributed by atoms with Crippen LogP contribution in [0.15, 0.2) is 60.7 Å². The highest BCUT2D eigenvalue weighted by atomic mass is 16.6. The second-order valence-corrected chi connectivity index (χ2v) is 7.32. The van der Waals surface area contributed by atoms with Crippen molar-refractivity contribution in [2.24, 2.45) is 0 Å². The zero-order valence-electron chi connectivity index (χ0n) is 15.9. The highest BCUT2D eigenvalue weighted by Gasteiger charge is 2.51. The van der Waals surface area contributed by atoms with Crippen molar-refractivity contribution in [2.75, 3.05) is 0 Å². The van der Waals surface area contributed by atoms with E-state index in [1.165, 1.54) is 4.90 Å². The lowest BCUT2D eigenvalue weighted by atomic mass is 9.92. The molecular formula is C22H25NO4. The first-order chi connectivity index (χ1) is 12.9. The molecule has 1 saturated heterocycles. The van der Waals surface area contributed by atoms with Gasteiger partial charge in [0, 0.05) is 0 Å². The Hall–Kier alpha value is -2.66. The van der Waals surface area contributed by atoms with Gasteiger partial charge in [0.25, 0.3) is 5.91 Å². The van der Waals surface area contributed by atoms with Crippen LogP contribution in [0, 0.1) is 0 Å². The van der Waals surface area contributed by atoms with Crippen LogP contribution in [0.3, 0.4) is 0 Å². The van der Waals surface area contributed by atoms with E-state index in [1.807, 2.05) is 74.5 Å². The number of rotatable bonds is 6.